The number of thiazole rings is 1. The Labute approximate surface area is 112 Å². The number of nitrogens with one attached hydrogen (secondary N) is 1. The van der Waals surface area contributed by atoms with E-state index in [9.17, 15) is 18.0 Å². The Hall–Kier alpha value is -1.72. The molecule has 106 valence electrons. The van der Waals surface area contributed by atoms with E-state index in [0.29, 0.717) is 0 Å². The van der Waals surface area contributed by atoms with Crippen LogP contribution in [0.4, 0.5) is 4.79 Å². The molecule has 0 aliphatic carbocycles. The van der Waals surface area contributed by atoms with Crippen LogP contribution in [0.25, 0.3) is 0 Å². The van der Waals surface area contributed by atoms with Crippen molar-refractivity contribution in [2.45, 2.75) is 4.21 Å². The van der Waals surface area contributed by atoms with Crippen LogP contribution in [0.1, 0.15) is 10.5 Å². The third-order valence-electron chi connectivity index (χ3n) is 1.80. The lowest BCUT2D eigenvalue weighted by atomic mass is 10.5. The maximum Gasteiger partial charge on any atom is 0.404 e. The lowest BCUT2D eigenvalue weighted by Crippen LogP contribution is -2.29. The highest BCUT2D eigenvalue weighted by molar-refractivity contribution is 7.91. The number of nitrogens with zero attached hydrogens (tertiary/aromatic N) is 1. The van der Waals surface area contributed by atoms with Gasteiger partial charge in [-0.2, -0.15) is 0 Å². The average Bonchev–Trinajstić information content (AvgIpc) is 2.83. The topological polar surface area (TPSA) is 138 Å². The first kappa shape index (κ1) is 15.3. The Morgan fingerprint density at radius 3 is 2.79 bits per heavy atom. The molecular weight excluding hydrogens is 298 g/mol. The van der Waals surface area contributed by atoms with Gasteiger partial charge in [0.25, 0.3) is 10.0 Å². The van der Waals surface area contributed by atoms with E-state index < -0.39 is 22.1 Å². The molecule has 1 amide bonds. The summed E-state index contributed by atoms with van der Waals surface area (Å²) < 4.78 is 34.4. The SMILES string of the molecule is COC(=O)c1ncsc1S(=O)(=O)NCCOC(N)=O. The summed E-state index contributed by atoms with van der Waals surface area (Å²) in [5.74, 6) is -0.852. The van der Waals surface area contributed by atoms with Gasteiger partial charge in [-0.1, -0.05) is 0 Å². The molecule has 0 saturated carbocycles. The standard InChI is InChI=1S/C8H11N3O6S2/c1-16-6(12)5-7(18-4-10-5)19(14,15)11-2-3-17-8(9)13/h4,11H,2-3H2,1H3,(H2,9,13). The Bertz CT molecular complexity index is 567. The van der Waals surface area contributed by atoms with Gasteiger partial charge in [0, 0.05) is 6.54 Å². The van der Waals surface area contributed by atoms with Crippen LogP contribution in [0.5, 0.6) is 0 Å². The Morgan fingerprint density at radius 2 is 2.21 bits per heavy atom. The van der Waals surface area contributed by atoms with Gasteiger partial charge in [0.15, 0.2) is 9.90 Å². The van der Waals surface area contributed by atoms with Gasteiger partial charge in [0.05, 0.1) is 12.6 Å². The number of primary amides is 1. The lowest BCUT2D eigenvalue weighted by Gasteiger charge is -2.05. The van der Waals surface area contributed by atoms with E-state index in [2.05, 4.69) is 19.2 Å². The second-order valence-electron chi connectivity index (χ2n) is 3.05. The fourth-order valence-corrected chi connectivity index (χ4v) is 3.24. The van der Waals surface area contributed by atoms with Gasteiger partial charge in [-0.05, 0) is 0 Å². The molecular formula is C8H11N3O6S2. The van der Waals surface area contributed by atoms with Crippen LogP contribution in [-0.2, 0) is 19.5 Å². The predicted molar refractivity (Wildman–Crippen MR) is 64.2 cm³/mol. The van der Waals surface area contributed by atoms with Gasteiger partial charge in [-0.15, -0.1) is 11.3 Å². The summed E-state index contributed by atoms with van der Waals surface area (Å²) >= 11 is 0.770. The van der Waals surface area contributed by atoms with Crippen molar-refractivity contribution in [3.63, 3.8) is 0 Å². The first-order chi connectivity index (χ1) is 8.88. The molecule has 0 bridgehead atoms. The van der Waals surface area contributed by atoms with Crippen molar-refractivity contribution in [2.75, 3.05) is 20.3 Å². The number of hydrogen-bond donors (Lipinski definition) is 2. The monoisotopic (exact) mass is 309 g/mol. The number of amides is 1. The van der Waals surface area contributed by atoms with Crippen molar-refractivity contribution in [1.82, 2.24) is 9.71 Å². The maximum absolute atomic E-state index is 11.9. The van der Waals surface area contributed by atoms with Crippen LogP contribution in [-0.4, -0.2) is 45.7 Å². The quantitative estimate of drug-likeness (QED) is 0.523. The van der Waals surface area contributed by atoms with Crippen molar-refractivity contribution < 1.29 is 27.5 Å². The van der Waals surface area contributed by atoms with E-state index in [1.165, 1.54) is 5.51 Å². The lowest BCUT2D eigenvalue weighted by molar-refractivity contribution is 0.0590. The molecule has 0 atom stereocenters. The van der Waals surface area contributed by atoms with E-state index in [1.807, 2.05) is 0 Å². The number of carbonyl (C=O) groups excluding carboxylic acids is 2. The molecule has 0 unspecified atom stereocenters. The molecule has 1 aromatic rings. The molecule has 3 N–H and O–H groups in total. The number of sulfonamides is 1. The minimum Gasteiger partial charge on any atom is -0.464 e. The molecule has 9 nitrogen and oxygen atoms in total. The molecule has 1 aromatic heterocycles. The molecule has 1 heterocycles. The van der Waals surface area contributed by atoms with Gasteiger partial charge in [-0.25, -0.2) is 27.7 Å². The summed E-state index contributed by atoms with van der Waals surface area (Å²) in [7, 11) is -2.81. The molecule has 0 radical (unpaired) electrons. The minimum atomic E-state index is -3.93. The Morgan fingerprint density at radius 1 is 1.53 bits per heavy atom. The van der Waals surface area contributed by atoms with Gasteiger partial charge < -0.3 is 15.2 Å². The van der Waals surface area contributed by atoms with Crippen LogP contribution in [0.3, 0.4) is 0 Å². The van der Waals surface area contributed by atoms with Gasteiger partial charge >= 0.3 is 12.1 Å². The van der Waals surface area contributed by atoms with Crippen molar-refractivity contribution in [3.05, 3.63) is 11.2 Å². The highest BCUT2D eigenvalue weighted by Gasteiger charge is 2.26. The van der Waals surface area contributed by atoms with Crippen molar-refractivity contribution in [1.29, 1.82) is 0 Å². The molecule has 0 aromatic carbocycles. The third-order valence-corrected chi connectivity index (χ3v) is 4.63. The van der Waals surface area contributed by atoms with Crippen LogP contribution in [0.15, 0.2) is 9.72 Å². The number of ether oxygens (including phenoxy) is 2. The minimum absolute atomic E-state index is 0.177. The number of nitrogens with two attached hydrogens (primary N) is 1. The predicted octanol–water partition coefficient (Wildman–Crippen LogP) is -0.697. The molecule has 1 rings (SSSR count). The molecule has 0 spiro atoms. The van der Waals surface area contributed by atoms with Gasteiger partial charge in [0.2, 0.25) is 0 Å². The summed E-state index contributed by atoms with van der Waals surface area (Å²) in [6.45, 7) is -0.398. The Balaban J connectivity index is 2.75. The zero-order chi connectivity index (χ0) is 14.5. The molecule has 0 aliphatic rings. The molecule has 19 heavy (non-hydrogen) atoms. The van der Waals surface area contributed by atoms with Gasteiger partial charge in [-0.3, -0.25) is 0 Å². The second kappa shape index (κ2) is 6.45. The average molecular weight is 309 g/mol. The third kappa shape index (κ3) is 4.15. The van der Waals surface area contributed by atoms with E-state index in [1.54, 1.807) is 0 Å². The molecule has 0 aliphatic heterocycles. The molecule has 0 saturated heterocycles. The largest absolute Gasteiger partial charge is 0.464 e. The summed E-state index contributed by atoms with van der Waals surface area (Å²) in [6, 6.07) is 0. The van der Waals surface area contributed by atoms with Crippen LogP contribution >= 0.6 is 11.3 Å². The maximum atomic E-state index is 11.9. The van der Waals surface area contributed by atoms with Crippen molar-refractivity contribution in [3.8, 4) is 0 Å². The summed E-state index contributed by atoms with van der Waals surface area (Å²) in [5.41, 5.74) is 5.62. The number of esters is 1. The van der Waals surface area contributed by atoms with E-state index >= 15 is 0 Å². The number of rotatable bonds is 6. The van der Waals surface area contributed by atoms with E-state index in [-0.39, 0.29) is 23.1 Å². The normalized spacial score (nSPS) is 11.0. The van der Waals surface area contributed by atoms with Crippen molar-refractivity contribution in [2.24, 2.45) is 5.73 Å². The molecule has 0 fully saturated rings. The summed E-state index contributed by atoms with van der Waals surface area (Å²) in [6.07, 6.45) is -1.01. The van der Waals surface area contributed by atoms with Gasteiger partial charge in [0.1, 0.15) is 6.61 Å². The van der Waals surface area contributed by atoms with Crippen LogP contribution in [0.2, 0.25) is 0 Å². The fourth-order valence-electron chi connectivity index (χ4n) is 1.05. The van der Waals surface area contributed by atoms with Crippen LogP contribution in [0, 0.1) is 0 Å². The number of aromatic nitrogens is 1. The smallest absolute Gasteiger partial charge is 0.404 e. The van der Waals surface area contributed by atoms with Crippen molar-refractivity contribution >= 4 is 33.4 Å². The Kier molecular flexibility index (Phi) is 5.20. The fraction of sp³-hybridized carbons (Fsp3) is 0.375. The number of methoxy groups -OCH3 is 1. The van der Waals surface area contributed by atoms with E-state index in [4.69, 9.17) is 5.73 Å². The first-order valence-electron chi connectivity index (χ1n) is 4.82. The number of carbonyl (C=O) groups is 2. The first-order valence-corrected chi connectivity index (χ1v) is 7.18. The van der Waals surface area contributed by atoms with Crippen LogP contribution < -0.4 is 10.5 Å². The summed E-state index contributed by atoms with van der Waals surface area (Å²) in [5, 5.41) is 0. The zero-order valence-corrected chi connectivity index (χ0v) is 11.4. The summed E-state index contributed by atoms with van der Waals surface area (Å²) in [4.78, 5) is 25.2. The highest BCUT2D eigenvalue weighted by Crippen LogP contribution is 2.20. The number of hydrogen-bond acceptors (Lipinski definition) is 8. The van der Waals surface area contributed by atoms with E-state index in [0.717, 1.165) is 18.4 Å². The zero-order valence-electron chi connectivity index (χ0n) is 9.78. The highest BCUT2D eigenvalue weighted by atomic mass is 32.2. The molecule has 11 heteroatoms. The second-order valence-corrected chi connectivity index (χ2v) is 5.86.